The molecule has 2 unspecified atom stereocenters. The number of carbonyl (C=O) groups is 3. The summed E-state index contributed by atoms with van der Waals surface area (Å²) in [5.41, 5.74) is -1.89. The van der Waals surface area contributed by atoms with Gasteiger partial charge in [0.15, 0.2) is 27.3 Å². The number of hydrogen-bond acceptors (Lipinski definition) is 7. The molecule has 2 aliphatic carbocycles. The van der Waals surface area contributed by atoms with Crippen LogP contribution in [0.15, 0.2) is 35.2 Å². The zero-order valence-electron chi connectivity index (χ0n) is 21.3. The first-order valence-electron chi connectivity index (χ1n) is 12.7. The molecule has 2 saturated carbocycles. The predicted octanol–water partition coefficient (Wildman–Crippen LogP) is 2.93. The molecule has 3 aliphatic rings. The molecular weight excluding hydrogens is 591 g/mol. The zero-order valence-corrected chi connectivity index (χ0v) is 22.8. The fraction of sp³-hybridized carbons (Fsp3) is 0.423. The first-order valence-corrected chi connectivity index (χ1v) is 14.6. The highest BCUT2D eigenvalue weighted by Gasteiger charge is 2.56. The van der Waals surface area contributed by atoms with Crippen molar-refractivity contribution in [3.8, 4) is 0 Å². The van der Waals surface area contributed by atoms with Gasteiger partial charge in [-0.15, -0.1) is 0 Å². The van der Waals surface area contributed by atoms with Crippen LogP contribution in [0.5, 0.6) is 0 Å². The fourth-order valence-electron chi connectivity index (χ4n) is 5.90. The van der Waals surface area contributed by atoms with Gasteiger partial charge in [-0.05, 0) is 55.7 Å². The number of anilines is 1. The van der Waals surface area contributed by atoms with Crippen molar-refractivity contribution in [2.75, 3.05) is 18.5 Å². The quantitative estimate of drug-likeness (QED) is 0.350. The van der Waals surface area contributed by atoms with Gasteiger partial charge in [-0.2, -0.15) is 0 Å². The Bertz CT molecular complexity index is 1500. The number of cyclic esters (lactones) is 1. The van der Waals surface area contributed by atoms with Crippen molar-refractivity contribution in [2.24, 2.45) is 11.8 Å². The number of amides is 3. The number of benzene rings is 2. The van der Waals surface area contributed by atoms with Crippen molar-refractivity contribution in [3.63, 3.8) is 0 Å². The minimum absolute atomic E-state index is 0.0787. The number of hydrogen-bond donors (Lipinski definition) is 4. The van der Waals surface area contributed by atoms with E-state index in [4.69, 9.17) is 16.3 Å². The normalized spacial score (nSPS) is 27.2. The molecule has 0 radical (unpaired) electrons. The average Bonchev–Trinajstić information content (AvgIpc) is 3.38. The lowest BCUT2D eigenvalue weighted by Crippen LogP contribution is -2.56. The molecule has 1 heterocycles. The molecule has 2 bridgehead atoms. The van der Waals surface area contributed by atoms with Crippen molar-refractivity contribution in [2.45, 2.75) is 47.5 Å². The number of fused-ring (bicyclic) bond motifs is 2. The third-order valence-corrected chi connectivity index (χ3v) is 10.7. The van der Waals surface area contributed by atoms with E-state index in [-0.39, 0.29) is 47.2 Å². The van der Waals surface area contributed by atoms with Gasteiger partial charge in [0.25, 0.3) is 5.91 Å². The Morgan fingerprint density at radius 3 is 2.32 bits per heavy atom. The molecule has 10 nitrogen and oxygen atoms in total. The number of alkyl carbamates (subject to hydrolysis) is 1. The van der Waals surface area contributed by atoms with Gasteiger partial charge in [0.05, 0.1) is 20.8 Å². The maximum absolute atomic E-state index is 13.7. The van der Waals surface area contributed by atoms with Crippen LogP contribution in [-0.4, -0.2) is 61.5 Å². The molecule has 15 heteroatoms. The third kappa shape index (κ3) is 5.47. The van der Waals surface area contributed by atoms with E-state index in [0.717, 1.165) is 6.07 Å². The van der Waals surface area contributed by atoms with Crippen LogP contribution in [0.4, 0.5) is 23.7 Å². The summed E-state index contributed by atoms with van der Waals surface area (Å²) < 4.78 is 72.5. The van der Waals surface area contributed by atoms with Crippen molar-refractivity contribution >= 4 is 45.0 Å². The number of ether oxygens (including phenoxy) is 1. The van der Waals surface area contributed by atoms with Crippen molar-refractivity contribution in [1.29, 1.82) is 0 Å². The summed E-state index contributed by atoms with van der Waals surface area (Å²) in [5.74, 6) is -7.05. The lowest BCUT2D eigenvalue weighted by atomic mass is 9.74. The zero-order chi connectivity index (χ0) is 29.7. The molecule has 3 fully saturated rings. The van der Waals surface area contributed by atoms with Crippen LogP contribution in [0, 0.1) is 29.3 Å². The molecule has 2 aromatic rings. The molecule has 1 aliphatic heterocycles. The topological polar surface area (TPSA) is 151 Å². The summed E-state index contributed by atoms with van der Waals surface area (Å²) >= 11 is 6.24. The molecule has 0 spiro atoms. The summed E-state index contributed by atoms with van der Waals surface area (Å²) in [7, 11) is -4.11. The van der Waals surface area contributed by atoms with Crippen LogP contribution in [0.3, 0.4) is 0 Å². The van der Waals surface area contributed by atoms with Gasteiger partial charge < -0.3 is 25.8 Å². The fourth-order valence-corrected chi connectivity index (χ4v) is 8.30. The van der Waals surface area contributed by atoms with Gasteiger partial charge in [0.2, 0.25) is 5.91 Å². The Morgan fingerprint density at radius 1 is 1.10 bits per heavy atom. The van der Waals surface area contributed by atoms with Crippen molar-refractivity contribution in [3.05, 3.63) is 58.4 Å². The highest BCUT2D eigenvalue weighted by molar-refractivity contribution is 7.92. The number of sulfone groups is 1. The summed E-state index contributed by atoms with van der Waals surface area (Å²) in [6.07, 6.45) is 0.513. The van der Waals surface area contributed by atoms with Crippen molar-refractivity contribution < 1.29 is 45.8 Å². The SMILES string of the molecule is O=C1N[C@@H](C(=O)NCC2(O)C3CCC2CC(S(=O)(=O)c2cc(C(=O)Nc4cc(F)c(F)c(F)c4)ccc2Cl)C3)CO1. The average molecular weight is 616 g/mol. The minimum Gasteiger partial charge on any atom is -0.447 e. The van der Waals surface area contributed by atoms with E-state index in [9.17, 15) is 41.1 Å². The first-order chi connectivity index (χ1) is 19.3. The van der Waals surface area contributed by atoms with E-state index >= 15 is 0 Å². The van der Waals surface area contributed by atoms with Gasteiger partial charge in [0, 0.05) is 29.9 Å². The number of carbonyl (C=O) groups excluding carboxylic acids is 3. The Labute approximate surface area is 237 Å². The van der Waals surface area contributed by atoms with E-state index in [2.05, 4.69) is 16.0 Å². The second kappa shape index (κ2) is 10.8. The molecule has 2 aromatic carbocycles. The summed E-state index contributed by atoms with van der Waals surface area (Å²) in [5, 5.41) is 17.6. The van der Waals surface area contributed by atoms with E-state index in [1.807, 2.05) is 0 Å². The molecule has 5 rings (SSSR count). The number of halogens is 4. The minimum atomic E-state index is -4.11. The summed E-state index contributed by atoms with van der Waals surface area (Å²) in [4.78, 5) is 36.0. The van der Waals surface area contributed by atoms with Gasteiger partial charge >= 0.3 is 6.09 Å². The Balaban J connectivity index is 1.30. The number of nitrogens with one attached hydrogen (secondary N) is 3. The van der Waals surface area contributed by atoms with Gasteiger partial charge in [0.1, 0.15) is 12.6 Å². The monoisotopic (exact) mass is 615 g/mol. The van der Waals surface area contributed by atoms with Crippen LogP contribution >= 0.6 is 11.6 Å². The lowest BCUT2D eigenvalue weighted by Gasteiger charge is -2.42. The van der Waals surface area contributed by atoms with E-state index in [0.29, 0.717) is 25.0 Å². The second-order valence-corrected chi connectivity index (χ2v) is 13.1. The number of rotatable bonds is 7. The molecular formula is C26H25ClF3N3O7S. The highest BCUT2D eigenvalue weighted by atomic mass is 35.5. The molecule has 3 amide bonds. The molecule has 41 heavy (non-hydrogen) atoms. The van der Waals surface area contributed by atoms with Crippen LogP contribution < -0.4 is 16.0 Å². The predicted molar refractivity (Wildman–Crippen MR) is 138 cm³/mol. The molecule has 0 aromatic heterocycles. The molecule has 3 atom stereocenters. The largest absolute Gasteiger partial charge is 0.447 e. The first kappa shape index (κ1) is 29.1. The van der Waals surface area contributed by atoms with Crippen molar-refractivity contribution in [1.82, 2.24) is 10.6 Å². The van der Waals surface area contributed by atoms with Crippen LogP contribution in [0.2, 0.25) is 5.02 Å². The number of aliphatic hydroxyl groups is 1. The van der Waals surface area contributed by atoms with E-state index in [1.165, 1.54) is 12.1 Å². The smallest absolute Gasteiger partial charge is 0.407 e. The van der Waals surface area contributed by atoms with E-state index < -0.39 is 73.9 Å². The van der Waals surface area contributed by atoms with Crippen LogP contribution in [0.1, 0.15) is 36.0 Å². The standard InChI is InChI=1S/C26H25ClF3N3O7S/c27-17-4-1-12(23(34)32-15-8-18(28)22(30)19(29)9-15)5-21(17)41(38,39)16-6-13-2-3-14(7-16)26(13,37)11-31-24(35)20-10-40-25(36)33-20/h1,4-5,8-9,13-14,16,20,37H,2-3,6-7,10-11H2,(H,31,35)(H,32,34)(H,33,36)/t13?,14?,16?,20-,26?/m1/s1. The molecule has 1 saturated heterocycles. The molecule has 220 valence electrons. The Morgan fingerprint density at radius 2 is 1.73 bits per heavy atom. The Hall–Kier alpha value is -3.36. The lowest BCUT2D eigenvalue weighted by molar-refractivity contribution is -0.126. The van der Waals surface area contributed by atoms with Gasteiger partial charge in [-0.25, -0.2) is 26.4 Å². The highest BCUT2D eigenvalue weighted by Crippen LogP contribution is 2.52. The third-order valence-electron chi connectivity index (χ3n) is 8.09. The van der Waals surface area contributed by atoms with Crippen LogP contribution in [0.25, 0.3) is 0 Å². The summed E-state index contributed by atoms with van der Waals surface area (Å²) in [6.45, 7) is -0.257. The molecule has 4 N–H and O–H groups in total. The second-order valence-electron chi connectivity index (χ2n) is 10.5. The van der Waals surface area contributed by atoms with Gasteiger partial charge in [-0.1, -0.05) is 11.6 Å². The Kier molecular flexibility index (Phi) is 7.68. The van der Waals surface area contributed by atoms with Crippen LogP contribution in [-0.2, 0) is 19.4 Å². The van der Waals surface area contributed by atoms with E-state index in [1.54, 1.807) is 0 Å². The summed E-state index contributed by atoms with van der Waals surface area (Å²) in [6, 6.07) is 3.80. The van der Waals surface area contributed by atoms with Gasteiger partial charge in [-0.3, -0.25) is 9.59 Å². The maximum Gasteiger partial charge on any atom is 0.407 e. The maximum atomic E-state index is 13.7.